The number of carbonyl (C=O) groups is 1. The molecule has 0 aliphatic heterocycles. The maximum Gasteiger partial charge on any atom is 0.224 e. The number of amides is 1. The van der Waals surface area contributed by atoms with Crippen LogP contribution in [0.3, 0.4) is 0 Å². The summed E-state index contributed by atoms with van der Waals surface area (Å²) in [6.45, 7) is 2.64. The van der Waals surface area contributed by atoms with E-state index in [1.807, 2.05) is 25.1 Å². The van der Waals surface area contributed by atoms with E-state index in [4.69, 9.17) is 4.74 Å². The SMILES string of the molecule is COc1ccc2c(c1)CCC[C@@H]2CNC(=O)Cc1ccc(C)nc1. The number of benzene rings is 1. The average molecular weight is 324 g/mol. The second-order valence-electron chi connectivity index (χ2n) is 6.44. The van der Waals surface area contributed by atoms with Crippen molar-refractivity contribution in [2.45, 2.75) is 38.5 Å². The Labute approximate surface area is 143 Å². The molecule has 0 saturated heterocycles. The van der Waals surface area contributed by atoms with Gasteiger partial charge in [-0.1, -0.05) is 12.1 Å². The molecule has 0 bridgehead atoms. The van der Waals surface area contributed by atoms with Gasteiger partial charge in [-0.15, -0.1) is 0 Å². The molecule has 24 heavy (non-hydrogen) atoms. The van der Waals surface area contributed by atoms with Crippen LogP contribution in [0.4, 0.5) is 0 Å². The Morgan fingerprint density at radius 1 is 1.33 bits per heavy atom. The lowest BCUT2D eigenvalue weighted by Crippen LogP contribution is -2.31. The summed E-state index contributed by atoms with van der Waals surface area (Å²) in [5.74, 6) is 1.35. The number of nitrogens with zero attached hydrogens (tertiary/aromatic N) is 1. The molecule has 1 atom stereocenters. The van der Waals surface area contributed by atoms with Crippen molar-refractivity contribution in [2.75, 3.05) is 13.7 Å². The summed E-state index contributed by atoms with van der Waals surface area (Å²) >= 11 is 0. The number of nitrogens with one attached hydrogen (secondary N) is 1. The molecular weight excluding hydrogens is 300 g/mol. The largest absolute Gasteiger partial charge is 0.497 e. The molecule has 0 fully saturated rings. The molecule has 1 aromatic heterocycles. The fraction of sp³-hybridized carbons (Fsp3) is 0.400. The highest BCUT2D eigenvalue weighted by Crippen LogP contribution is 2.33. The fourth-order valence-corrected chi connectivity index (χ4v) is 3.32. The standard InChI is InChI=1S/C20H24N2O2/c1-14-6-7-15(12-21-14)10-20(23)22-13-17-5-3-4-16-11-18(24-2)8-9-19(16)17/h6-9,11-12,17H,3-5,10,13H2,1-2H3,(H,22,23)/t17-/m1/s1. The first kappa shape index (κ1) is 16.5. The Morgan fingerprint density at radius 3 is 2.96 bits per heavy atom. The highest BCUT2D eigenvalue weighted by molar-refractivity contribution is 5.78. The Morgan fingerprint density at radius 2 is 2.21 bits per heavy atom. The van der Waals surface area contributed by atoms with E-state index in [1.54, 1.807) is 13.3 Å². The van der Waals surface area contributed by atoms with Gasteiger partial charge in [0.2, 0.25) is 5.91 Å². The predicted octanol–water partition coefficient (Wildman–Crippen LogP) is 3.18. The Hall–Kier alpha value is -2.36. The zero-order chi connectivity index (χ0) is 16.9. The molecule has 0 radical (unpaired) electrons. The molecule has 4 heteroatoms. The lowest BCUT2D eigenvalue weighted by atomic mass is 9.82. The minimum atomic E-state index is 0.0567. The normalized spacial score (nSPS) is 16.3. The van der Waals surface area contributed by atoms with Crippen LogP contribution in [-0.2, 0) is 17.6 Å². The predicted molar refractivity (Wildman–Crippen MR) is 94.4 cm³/mol. The van der Waals surface area contributed by atoms with Gasteiger partial charge in [0.1, 0.15) is 5.75 Å². The number of carbonyl (C=O) groups excluding carboxylic acids is 1. The van der Waals surface area contributed by atoms with Crippen LogP contribution >= 0.6 is 0 Å². The van der Waals surface area contributed by atoms with Crippen LogP contribution in [0.5, 0.6) is 5.75 Å². The smallest absolute Gasteiger partial charge is 0.224 e. The number of rotatable bonds is 5. The van der Waals surface area contributed by atoms with Gasteiger partial charge in [0.25, 0.3) is 0 Å². The van der Waals surface area contributed by atoms with E-state index < -0.39 is 0 Å². The maximum atomic E-state index is 12.2. The van der Waals surface area contributed by atoms with Crippen LogP contribution in [0.25, 0.3) is 0 Å². The fourth-order valence-electron chi connectivity index (χ4n) is 3.32. The number of hydrogen-bond acceptors (Lipinski definition) is 3. The van der Waals surface area contributed by atoms with Gasteiger partial charge in [-0.3, -0.25) is 9.78 Å². The summed E-state index contributed by atoms with van der Waals surface area (Å²) in [7, 11) is 1.70. The number of aromatic nitrogens is 1. The third-order valence-corrected chi connectivity index (χ3v) is 4.67. The number of aryl methyl sites for hydroxylation is 2. The Balaban J connectivity index is 1.59. The van der Waals surface area contributed by atoms with E-state index in [0.29, 0.717) is 18.9 Å². The topological polar surface area (TPSA) is 51.2 Å². The summed E-state index contributed by atoms with van der Waals surface area (Å²) in [5.41, 5.74) is 4.61. The second-order valence-corrected chi connectivity index (χ2v) is 6.44. The van der Waals surface area contributed by atoms with Gasteiger partial charge in [-0.05, 0) is 61.1 Å². The van der Waals surface area contributed by atoms with Crippen molar-refractivity contribution in [3.8, 4) is 5.75 Å². The number of ether oxygens (including phenoxy) is 1. The van der Waals surface area contributed by atoms with Crippen molar-refractivity contribution in [3.05, 3.63) is 58.9 Å². The zero-order valence-electron chi connectivity index (χ0n) is 14.3. The van der Waals surface area contributed by atoms with E-state index in [-0.39, 0.29) is 5.91 Å². The van der Waals surface area contributed by atoms with Gasteiger partial charge in [0.15, 0.2) is 0 Å². The summed E-state index contributed by atoms with van der Waals surface area (Å²) in [6.07, 6.45) is 5.52. The molecule has 1 aromatic carbocycles. The molecule has 2 aromatic rings. The molecule has 1 amide bonds. The summed E-state index contributed by atoms with van der Waals surface area (Å²) in [5, 5.41) is 3.09. The molecule has 126 valence electrons. The van der Waals surface area contributed by atoms with Gasteiger partial charge < -0.3 is 10.1 Å². The van der Waals surface area contributed by atoms with E-state index in [9.17, 15) is 4.79 Å². The molecule has 1 heterocycles. The van der Waals surface area contributed by atoms with Gasteiger partial charge in [-0.25, -0.2) is 0 Å². The summed E-state index contributed by atoms with van der Waals surface area (Å²) < 4.78 is 5.31. The van der Waals surface area contributed by atoms with Crippen LogP contribution in [0.15, 0.2) is 36.5 Å². The lowest BCUT2D eigenvalue weighted by Gasteiger charge is -2.26. The molecule has 0 unspecified atom stereocenters. The highest BCUT2D eigenvalue weighted by Gasteiger charge is 2.21. The van der Waals surface area contributed by atoms with Crippen molar-refractivity contribution in [3.63, 3.8) is 0 Å². The van der Waals surface area contributed by atoms with Crippen LogP contribution in [0.1, 0.15) is 41.1 Å². The van der Waals surface area contributed by atoms with Gasteiger partial charge in [0, 0.05) is 24.4 Å². The first-order valence-corrected chi connectivity index (χ1v) is 8.51. The molecule has 4 nitrogen and oxygen atoms in total. The van der Waals surface area contributed by atoms with Crippen molar-refractivity contribution in [1.82, 2.24) is 10.3 Å². The van der Waals surface area contributed by atoms with Crippen LogP contribution in [0.2, 0.25) is 0 Å². The van der Waals surface area contributed by atoms with E-state index >= 15 is 0 Å². The molecule has 1 N–H and O–H groups in total. The minimum Gasteiger partial charge on any atom is -0.497 e. The number of hydrogen-bond donors (Lipinski definition) is 1. The van der Waals surface area contributed by atoms with Crippen molar-refractivity contribution >= 4 is 5.91 Å². The highest BCUT2D eigenvalue weighted by atomic mass is 16.5. The summed E-state index contributed by atoms with van der Waals surface area (Å²) in [4.78, 5) is 16.4. The van der Waals surface area contributed by atoms with Crippen LogP contribution in [0, 0.1) is 6.92 Å². The lowest BCUT2D eigenvalue weighted by molar-refractivity contribution is -0.120. The van der Waals surface area contributed by atoms with Crippen molar-refractivity contribution < 1.29 is 9.53 Å². The molecule has 1 aliphatic carbocycles. The zero-order valence-corrected chi connectivity index (χ0v) is 14.3. The third kappa shape index (κ3) is 3.94. The van der Waals surface area contributed by atoms with Gasteiger partial charge in [-0.2, -0.15) is 0 Å². The minimum absolute atomic E-state index is 0.0567. The molecule has 1 aliphatic rings. The monoisotopic (exact) mass is 324 g/mol. The maximum absolute atomic E-state index is 12.2. The van der Waals surface area contributed by atoms with Crippen LogP contribution in [-0.4, -0.2) is 24.5 Å². The van der Waals surface area contributed by atoms with E-state index in [0.717, 1.165) is 36.3 Å². The first-order valence-electron chi connectivity index (χ1n) is 8.51. The number of pyridine rings is 1. The van der Waals surface area contributed by atoms with Crippen molar-refractivity contribution in [1.29, 1.82) is 0 Å². The second kappa shape index (κ2) is 7.47. The molecular formula is C20H24N2O2. The Kier molecular flexibility index (Phi) is 5.14. The molecule has 0 spiro atoms. The first-order chi connectivity index (χ1) is 11.7. The van der Waals surface area contributed by atoms with Gasteiger partial charge in [0.05, 0.1) is 13.5 Å². The molecule has 3 rings (SSSR count). The third-order valence-electron chi connectivity index (χ3n) is 4.67. The number of fused-ring (bicyclic) bond motifs is 1. The average Bonchev–Trinajstić information content (AvgIpc) is 2.61. The summed E-state index contributed by atoms with van der Waals surface area (Å²) in [6, 6.07) is 10.2. The van der Waals surface area contributed by atoms with Crippen molar-refractivity contribution in [2.24, 2.45) is 0 Å². The quantitative estimate of drug-likeness (QED) is 0.919. The van der Waals surface area contributed by atoms with Crippen LogP contribution < -0.4 is 10.1 Å². The van der Waals surface area contributed by atoms with E-state index in [1.165, 1.54) is 11.1 Å². The Bertz CT molecular complexity index is 710. The van der Waals surface area contributed by atoms with E-state index in [2.05, 4.69) is 22.4 Å². The van der Waals surface area contributed by atoms with Gasteiger partial charge >= 0.3 is 0 Å². The number of methoxy groups -OCH3 is 1. The molecule has 0 saturated carbocycles.